The Morgan fingerprint density at radius 2 is 2.46 bits per heavy atom. The maximum atomic E-state index is 10.2. The van der Waals surface area contributed by atoms with Gasteiger partial charge in [-0.1, -0.05) is 0 Å². The first-order chi connectivity index (χ1) is 6.27. The summed E-state index contributed by atoms with van der Waals surface area (Å²) >= 11 is 0. The van der Waals surface area contributed by atoms with Crippen molar-refractivity contribution in [3.8, 4) is 5.88 Å². The molecule has 0 radical (unpaired) electrons. The maximum Gasteiger partial charge on any atom is 0.237 e. The van der Waals surface area contributed by atoms with Crippen molar-refractivity contribution in [2.45, 2.75) is 13.8 Å². The molecule has 0 spiro atoms. The minimum Gasteiger partial charge on any atom is -0.476 e. The van der Waals surface area contributed by atoms with Crippen molar-refractivity contribution in [3.05, 3.63) is 17.8 Å². The maximum absolute atomic E-state index is 10.2. The smallest absolute Gasteiger partial charge is 0.237 e. The van der Waals surface area contributed by atoms with Crippen LogP contribution in [-0.2, 0) is 4.79 Å². The zero-order chi connectivity index (χ0) is 9.68. The van der Waals surface area contributed by atoms with Crippen LogP contribution in [0.1, 0.15) is 12.5 Å². The number of amides is 1. The zero-order valence-electron chi connectivity index (χ0n) is 7.70. The molecule has 70 valence electrons. The molecule has 4 heteroatoms. The Hall–Kier alpha value is -1.58. The van der Waals surface area contributed by atoms with E-state index in [2.05, 4.69) is 10.3 Å². The summed E-state index contributed by atoms with van der Waals surface area (Å²) in [5, 5.41) is 2.53. The molecule has 0 saturated heterocycles. The van der Waals surface area contributed by atoms with Gasteiger partial charge in [-0.15, -0.1) is 0 Å². The van der Waals surface area contributed by atoms with Crippen molar-refractivity contribution in [3.63, 3.8) is 0 Å². The van der Waals surface area contributed by atoms with E-state index in [1.807, 2.05) is 19.9 Å². The molecule has 1 rings (SSSR count). The highest BCUT2D eigenvalue weighted by Crippen LogP contribution is 2.21. The molecule has 13 heavy (non-hydrogen) atoms. The summed E-state index contributed by atoms with van der Waals surface area (Å²) < 4.78 is 5.21. The van der Waals surface area contributed by atoms with E-state index in [1.54, 1.807) is 6.20 Å². The van der Waals surface area contributed by atoms with Gasteiger partial charge in [-0.25, -0.2) is 4.98 Å². The number of carbonyl (C=O) groups excluding carboxylic acids is 1. The summed E-state index contributed by atoms with van der Waals surface area (Å²) in [6.07, 6.45) is 2.31. The number of pyridine rings is 1. The van der Waals surface area contributed by atoms with E-state index in [4.69, 9.17) is 4.74 Å². The number of ether oxygens (including phenoxy) is 1. The number of nitrogens with zero attached hydrogens (tertiary/aromatic N) is 1. The second-order valence-electron chi connectivity index (χ2n) is 2.56. The van der Waals surface area contributed by atoms with Gasteiger partial charge >= 0.3 is 0 Å². The van der Waals surface area contributed by atoms with Crippen LogP contribution in [0.15, 0.2) is 12.3 Å². The van der Waals surface area contributed by atoms with E-state index in [0.29, 0.717) is 24.6 Å². The molecule has 0 bridgehead atoms. The molecule has 0 saturated carbocycles. The van der Waals surface area contributed by atoms with Gasteiger partial charge < -0.3 is 10.1 Å². The molecule has 1 aromatic heterocycles. The highest BCUT2D eigenvalue weighted by Gasteiger charge is 2.03. The fourth-order valence-electron chi connectivity index (χ4n) is 0.975. The van der Waals surface area contributed by atoms with E-state index in [-0.39, 0.29) is 0 Å². The summed E-state index contributed by atoms with van der Waals surface area (Å²) in [4.78, 5) is 14.3. The van der Waals surface area contributed by atoms with Crippen molar-refractivity contribution in [1.29, 1.82) is 0 Å². The predicted octanol–water partition coefficient (Wildman–Crippen LogP) is 1.36. The van der Waals surface area contributed by atoms with Crippen LogP contribution in [-0.4, -0.2) is 18.0 Å². The lowest BCUT2D eigenvalue weighted by Gasteiger charge is -2.07. The molecule has 0 aliphatic carbocycles. The number of aryl methyl sites for hydroxylation is 1. The minimum absolute atomic E-state index is 0.459. The highest BCUT2D eigenvalue weighted by molar-refractivity contribution is 5.74. The Kier molecular flexibility index (Phi) is 3.25. The average Bonchev–Trinajstić information content (AvgIpc) is 2.10. The van der Waals surface area contributed by atoms with Gasteiger partial charge in [0.25, 0.3) is 0 Å². The summed E-state index contributed by atoms with van der Waals surface area (Å²) in [5.41, 5.74) is 1.59. The van der Waals surface area contributed by atoms with Crippen LogP contribution in [0.2, 0.25) is 0 Å². The monoisotopic (exact) mass is 180 g/mol. The van der Waals surface area contributed by atoms with E-state index in [9.17, 15) is 4.79 Å². The molecule has 1 amide bonds. The van der Waals surface area contributed by atoms with Gasteiger partial charge in [0.2, 0.25) is 12.3 Å². The van der Waals surface area contributed by atoms with Crippen LogP contribution in [0.4, 0.5) is 5.69 Å². The molecule has 4 nitrogen and oxygen atoms in total. The van der Waals surface area contributed by atoms with Gasteiger partial charge in [-0.3, -0.25) is 4.79 Å². The number of nitrogens with one attached hydrogen (secondary N) is 1. The third-order valence-electron chi connectivity index (χ3n) is 1.48. The van der Waals surface area contributed by atoms with Crippen molar-refractivity contribution in [2.24, 2.45) is 0 Å². The SMILES string of the molecule is CCOc1ncc(C)cc1NC=O. The van der Waals surface area contributed by atoms with E-state index in [0.717, 1.165) is 5.56 Å². The van der Waals surface area contributed by atoms with Gasteiger partial charge in [0, 0.05) is 6.20 Å². The quantitative estimate of drug-likeness (QED) is 0.712. The topological polar surface area (TPSA) is 51.2 Å². The largest absolute Gasteiger partial charge is 0.476 e. The van der Waals surface area contributed by atoms with E-state index in [1.165, 1.54) is 0 Å². The summed E-state index contributed by atoms with van der Waals surface area (Å²) in [7, 11) is 0. The Morgan fingerprint density at radius 3 is 3.08 bits per heavy atom. The van der Waals surface area contributed by atoms with Gasteiger partial charge in [0.05, 0.1) is 6.61 Å². The predicted molar refractivity (Wildman–Crippen MR) is 49.8 cm³/mol. The normalized spacial score (nSPS) is 9.38. The van der Waals surface area contributed by atoms with Crippen LogP contribution < -0.4 is 10.1 Å². The number of rotatable bonds is 4. The number of carbonyl (C=O) groups is 1. The van der Waals surface area contributed by atoms with Gasteiger partial charge in [0.15, 0.2) is 0 Å². The number of hydrogen-bond donors (Lipinski definition) is 1. The molecule has 0 unspecified atom stereocenters. The van der Waals surface area contributed by atoms with Crippen LogP contribution in [0.3, 0.4) is 0 Å². The number of anilines is 1. The number of hydrogen-bond acceptors (Lipinski definition) is 3. The van der Waals surface area contributed by atoms with Gasteiger partial charge in [-0.2, -0.15) is 0 Å². The van der Waals surface area contributed by atoms with Crippen LogP contribution in [0.5, 0.6) is 5.88 Å². The Balaban J connectivity index is 2.95. The van der Waals surface area contributed by atoms with Crippen molar-refractivity contribution in [1.82, 2.24) is 4.98 Å². The van der Waals surface area contributed by atoms with Crippen LogP contribution >= 0.6 is 0 Å². The lowest BCUT2D eigenvalue weighted by Crippen LogP contribution is -2.02. The Bertz CT molecular complexity index is 300. The molecule has 1 N–H and O–H groups in total. The molecule has 1 heterocycles. The Labute approximate surface area is 76.9 Å². The zero-order valence-corrected chi connectivity index (χ0v) is 7.70. The van der Waals surface area contributed by atoms with Crippen molar-refractivity contribution >= 4 is 12.1 Å². The third kappa shape index (κ3) is 2.43. The first kappa shape index (κ1) is 9.51. The second-order valence-corrected chi connectivity index (χ2v) is 2.56. The summed E-state index contributed by atoms with van der Waals surface area (Å²) in [5.74, 6) is 0.459. The lowest BCUT2D eigenvalue weighted by molar-refractivity contribution is -0.105. The number of aromatic nitrogens is 1. The first-order valence-electron chi connectivity index (χ1n) is 4.07. The molecular formula is C9H12N2O2. The molecule has 0 aromatic carbocycles. The summed E-state index contributed by atoms with van der Waals surface area (Å²) in [6, 6.07) is 1.81. The van der Waals surface area contributed by atoms with Crippen LogP contribution in [0, 0.1) is 6.92 Å². The molecule has 0 fully saturated rings. The molecule has 0 aliphatic heterocycles. The molecule has 0 aliphatic rings. The summed E-state index contributed by atoms with van der Waals surface area (Å²) in [6.45, 7) is 4.30. The lowest BCUT2D eigenvalue weighted by atomic mass is 10.3. The van der Waals surface area contributed by atoms with Crippen LogP contribution in [0.25, 0.3) is 0 Å². The fraction of sp³-hybridized carbons (Fsp3) is 0.333. The minimum atomic E-state index is 0.459. The van der Waals surface area contributed by atoms with Gasteiger partial charge in [0.1, 0.15) is 5.69 Å². The standard InChI is InChI=1S/C9H12N2O2/c1-3-13-9-8(11-6-12)4-7(2)5-10-9/h4-6H,3H2,1-2H3,(H,11,12). The highest BCUT2D eigenvalue weighted by atomic mass is 16.5. The molecular weight excluding hydrogens is 168 g/mol. The fourth-order valence-corrected chi connectivity index (χ4v) is 0.975. The van der Waals surface area contributed by atoms with E-state index < -0.39 is 0 Å². The first-order valence-corrected chi connectivity index (χ1v) is 4.07. The van der Waals surface area contributed by atoms with Crippen molar-refractivity contribution < 1.29 is 9.53 Å². The Morgan fingerprint density at radius 1 is 1.69 bits per heavy atom. The second kappa shape index (κ2) is 4.45. The average molecular weight is 180 g/mol. The van der Waals surface area contributed by atoms with Gasteiger partial charge in [-0.05, 0) is 25.5 Å². The molecule has 0 atom stereocenters. The third-order valence-corrected chi connectivity index (χ3v) is 1.48. The van der Waals surface area contributed by atoms with Crippen molar-refractivity contribution in [2.75, 3.05) is 11.9 Å². The van der Waals surface area contributed by atoms with E-state index >= 15 is 0 Å². The molecule has 1 aromatic rings.